The molecule has 1 aromatic carbocycles. The third kappa shape index (κ3) is 5.03. The van der Waals surface area contributed by atoms with E-state index in [1.165, 1.54) is 11.3 Å². The van der Waals surface area contributed by atoms with Gasteiger partial charge in [-0.3, -0.25) is 9.59 Å². The number of amides is 1. The summed E-state index contributed by atoms with van der Waals surface area (Å²) >= 11 is 1.28. The lowest BCUT2D eigenvalue weighted by molar-refractivity contribution is -0.131. The third-order valence-electron chi connectivity index (χ3n) is 6.29. The van der Waals surface area contributed by atoms with Gasteiger partial charge in [-0.2, -0.15) is 0 Å². The smallest absolute Gasteiger partial charge is 0.290 e. The topological polar surface area (TPSA) is 89.0 Å². The average molecular weight is 485 g/mol. The number of hydrogen-bond acceptors (Lipinski definition) is 7. The number of Topliss-reactive ketones (excluding diaryl/α,β-unsaturated/α-hetero) is 1. The Morgan fingerprint density at radius 2 is 2.03 bits per heavy atom. The first-order valence-electron chi connectivity index (χ1n) is 12.0. The molecular formula is C26H32N2O5S. The van der Waals surface area contributed by atoms with E-state index in [1.54, 1.807) is 11.8 Å². The number of nitrogens with zero attached hydrogens (tertiary/aromatic N) is 2. The van der Waals surface area contributed by atoms with Crippen LogP contribution in [0.15, 0.2) is 35.6 Å². The molecule has 2 atom stereocenters. The van der Waals surface area contributed by atoms with E-state index in [0.717, 1.165) is 48.4 Å². The number of benzene rings is 1. The Kier molecular flexibility index (Phi) is 7.68. The molecule has 2 unspecified atom stereocenters. The van der Waals surface area contributed by atoms with E-state index in [9.17, 15) is 14.7 Å². The van der Waals surface area contributed by atoms with E-state index < -0.39 is 17.7 Å². The highest BCUT2D eigenvalue weighted by Gasteiger charge is 2.45. The zero-order valence-corrected chi connectivity index (χ0v) is 20.8. The van der Waals surface area contributed by atoms with Gasteiger partial charge in [-0.1, -0.05) is 31.9 Å². The van der Waals surface area contributed by atoms with Gasteiger partial charge in [-0.25, -0.2) is 4.98 Å². The highest BCUT2D eigenvalue weighted by molar-refractivity contribution is 7.14. The molecule has 4 rings (SSSR count). The molecule has 8 heteroatoms. The lowest BCUT2D eigenvalue weighted by Crippen LogP contribution is -2.37. The number of carbonyl (C=O) groups is 2. The number of aliphatic hydroxyl groups is 1. The summed E-state index contributed by atoms with van der Waals surface area (Å²) in [6.45, 7) is 7.38. The van der Waals surface area contributed by atoms with E-state index in [2.05, 4.69) is 11.9 Å². The van der Waals surface area contributed by atoms with Gasteiger partial charge in [0, 0.05) is 13.2 Å². The fraction of sp³-hybridized carbons (Fsp3) is 0.500. The molecule has 1 saturated heterocycles. The number of ether oxygens (including phenoxy) is 2. The number of thiazole rings is 1. The second-order valence-corrected chi connectivity index (χ2v) is 10.1. The normalized spacial score (nSPS) is 20.4. The van der Waals surface area contributed by atoms with Crippen molar-refractivity contribution in [3.8, 4) is 5.75 Å². The van der Waals surface area contributed by atoms with Crippen LogP contribution in [0.4, 0.5) is 0 Å². The number of hydrogen-bond donors (Lipinski definition) is 1. The Hall–Kier alpha value is -2.71. The van der Waals surface area contributed by atoms with Crippen LogP contribution in [0, 0.1) is 13.8 Å². The monoisotopic (exact) mass is 484 g/mol. The lowest BCUT2D eigenvalue weighted by Gasteiger charge is -2.29. The van der Waals surface area contributed by atoms with Gasteiger partial charge in [0.05, 0.1) is 39.9 Å². The van der Waals surface area contributed by atoms with Crippen molar-refractivity contribution in [3.63, 3.8) is 0 Å². The van der Waals surface area contributed by atoms with Gasteiger partial charge < -0.3 is 19.5 Å². The van der Waals surface area contributed by atoms with Gasteiger partial charge in [0.15, 0.2) is 5.76 Å². The Morgan fingerprint density at radius 1 is 1.26 bits per heavy atom. The van der Waals surface area contributed by atoms with Crippen LogP contribution in [0.3, 0.4) is 0 Å². The summed E-state index contributed by atoms with van der Waals surface area (Å²) in [5.41, 5.74) is 1.46. The third-order valence-corrected chi connectivity index (χ3v) is 7.37. The quantitative estimate of drug-likeness (QED) is 0.373. The first kappa shape index (κ1) is 24.4. The first-order valence-corrected chi connectivity index (χ1v) is 12.8. The molecular weight excluding hydrogens is 452 g/mol. The molecule has 0 radical (unpaired) electrons. The van der Waals surface area contributed by atoms with E-state index in [1.807, 2.05) is 31.2 Å². The lowest BCUT2D eigenvalue weighted by atomic mass is 9.94. The fourth-order valence-electron chi connectivity index (χ4n) is 4.58. The summed E-state index contributed by atoms with van der Waals surface area (Å²) in [7, 11) is 0. The summed E-state index contributed by atoms with van der Waals surface area (Å²) < 4.78 is 11.6. The van der Waals surface area contributed by atoms with Gasteiger partial charge in [0.2, 0.25) is 5.78 Å². The molecule has 0 saturated carbocycles. The molecule has 0 spiro atoms. The minimum Gasteiger partial charge on any atom is -0.503 e. The summed E-state index contributed by atoms with van der Waals surface area (Å²) in [4.78, 5) is 33.1. The van der Waals surface area contributed by atoms with Crippen LogP contribution >= 0.6 is 11.3 Å². The van der Waals surface area contributed by atoms with Crippen molar-refractivity contribution >= 4 is 23.0 Å². The second-order valence-electron chi connectivity index (χ2n) is 8.86. The van der Waals surface area contributed by atoms with Gasteiger partial charge >= 0.3 is 0 Å². The number of aryl methyl sites for hydroxylation is 2. The Labute approximate surface area is 204 Å². The van der Waals surface area contributed by atoms with Crippen molar-refractivity contribution in [2.75, 3.05) is 19.8 Å². The average Bonchev–Trinajstić information content (AvgIpc) is 3.52. The molecule has 2 aliphatic heterocycles. The molecule has 7 nitrogen and oxygen atoms in total. The summed E-state index contributed by atoms with van der Waals surface area (Å²) in [5.74, 6) is -0.639. The maximum atomic E-state index is 13.6. The molecule has 182 valence electrons. The minimum absolute atomic E-state index is 0.103. The van der Waals surface area contributed by atoms with Crippen molar-refractivity contribution in [2.45, 2.75) is 65.0 Å². The van der Waals surface area contributed by atoms with Crippen molar-refractivity contribution in [3.05, 3.63) is 56.7 Å². The van der Waals surface area contributed by atoms with Crippen molar-refractivity contribution < 1.29 is 24.2 Å². The highest BCUT2D eigenvalue weighted by Crippen LogP contribution is 2.41. The summed E-state index contributed by atoms with van der Waals surface area (Å²) in [6.07, 6.45) is 4.91. The number of ketones is 1. The van der Waals surface area contributed by atoms with Crippen molar-refractivity contribution in [1.29, 1.82) is 0 Å². The van der Waals surface area contributed by atoms with E-state index in [4.69, 9.17) is 9.47 Å². The molecule has 0 bridgehead atoms. The van der Waals surface area contributed by atoms with Crippen LogP contribution in [0.5, 0.6) is 5.75 Å². The van der Waals surface area contributed by atoms with Crippen LogP contribution in [0.25, 0.3) is 0 Å². The van der Waals surface area contributed by atoms with Gasteiger partial charge in [-0.05, 0) is 50.8 Å². The zero-order valence-electron chi connectivity index (χ0n) is 20.0. The largest absolute Gasteiger partial charge is 0.503 e. The van der Waals surface area contributed by atoms with Gasteiger partial charge in [0.25, 0.3) is 5.91 Å². The number of aliphatic hydroxyl groups excluding tert-OH is 1. The zero-order chi connectivity index (χ0) is 24.2. The van der Waals surface area contributed by atoms with Crippen molar-refractivity contribution in [2.24, 2.45) is 0 Å². The molecule has 2 aromatic rings. The summed E-state index contributed by atoms with van der Waals surface area (Å²) in [6, 6.07) is 6.75. The van der Waals surface area contributed by atoms with Gasteiger partial charge in [0.1, 0.15) is 5.75 Å². The minimum atomic E-state index is -0.694. The standard InChI is InChI=1S/C26H32N2O5S/c1-4-5-6-13-32-19-11-9-18(10-12-19)22-21(23(29)25-16(2)27-17(3)34-25)24(30)26(31)28(22)15-20-8-7-14-33-20/h9-12,20,22,30H,4-8,13-15H2,1-3H3. The number of rotatable bonds is 10. The van der Waals surface area contributed by atoms with E-state index >= 15 is 0 Å². The van der Waals surface area contributed by atoms with E-state index in [-0.39, 0.29) is 17.5 Å². The van der Waals surface area contributed by atoms with Crippen LogP contribution < -0.4 is 4.74 Å². The highest BCUT2D eigenvalue weighted by atomic mass is 32.1. The van der Waals surface area contributed by atoms with Crippen LogP contribution in [-0.2, 0) is 9.53 Å². The first-order chi connectivity index (χ1) is 16.4. The number of carbonyl (C=O) groups excluding carboxylic acids is 2. The molecule has 1 amide bonds. The van der Waals surface area contributed by atoms with Crippen LogP contribution in [0.2, 0.25) is 0 Å². The Balaban J connectivity index is 1.65. The molecule has 0 aliphatic carbocycles. The van der Waals surface area contributed by atoms with Gasteiger partial charge in [-0.15, -0.1) is 11.3 Å². The number of unbranched alkanes of at least 4 members (excludes halogenated alkanes) is 2. The predicted octanol–water partition coefficient (Wildman–Crippen LogP) is 5.09. The second kappa shape index (κ2) is 10.7. The predicted molar refractivity (Wildman–Crippen MR) is 130 cm³/mol. The Morgan fingerprint density at radius 3 is 2.65 bits per heavy atom. The van der Waals surface area contributed by atoms with Crippen LogP contribution in [0.1, 0.15) is 71.0 Å². The van der Waals surface area contributed by atoms with Crippen molar-refractivity contribution in [1.82, 2.24) is 9.88 Å². The molecule has 1 fully saturated rings. The fourth-order valence-corrected chi connectivity index (χ4v) is 5.45. The molecule has 2 aliphatic rings. The maximum absolute atomic E-state index is 13.6. The SMILES string of the molecule is CCCCCOc1ccc(C2C(C(=O)c3sc(C)nc3C)=C(O)C(=O)N2CC2CCCO2)cc1. The molecule has 3 heterocycles. The summed E-state index contributed by atoms with van der Waals surface area (Å²) in [5, 5.41) is 11.6. The molecule has 1 aromatic heterocycles. The van der Waals surface area contributed by atoms with Crippen LogP contribution in [-0.4, -0.2) is 52.5 Å². The maximum Gasteiger partial charge on any atom is 0.290 e. The van der Waals surface area contributed by atoms with E-state index in [0.29, 0.717) is 30.3 Å². The molecule has 1 N–H and O–H groups in total. The Bertz CT molecular complexity index is 1070. The molecule has 34 heavy (non-hydrogen) atoms. The number of aromatic nitrogens is 1.